The van der Waals surface area contributed by atoms with E-state index in [0.717, 1.165) is 42.4 Å². The van der Waals surface area contributed by atoms with Crippen molar-refractivity contribution in [1.29, 1.82) is 0 Å². The second-order valence-corrected chi connectivity index (χ2v) is 15.4. The lowest BCUT2D eigenvalue weighted by atomic mass is 9.47. The maximum absolute atomic E-state index is 12.6. The number of hydrogen-bond donors (Lipinski definition) is 3. The van der Waals surface area contributed by atoms with Gasteiger partial charge in [-0.25, -0.2) is 4.79 Å². The van der Waals surface area contributed by atoms with E-state index in [-0.39, 0.29) is 11.5 Å². The third-order valence-electron chi connectivity index (χ3n) is 12.9. The van der Waals surface area contributed by atoms with Gasteiger partial charge in [-0.2, -0.15) is 0 Å². The fourth-order valence-electron chi connectivity index (χ4n) is 10.3. The van der Waals surface area contributed by atoms with E-state index >= 15 is 0 Å². The standard InChI is InChI=1S/C35H56O7/c1-7-23(21(2)3)9-8-22(4)27-12-13-28-26-11-10-24-18-25(14-16-33(24,5)29(26)15-17-34(27,28)6)42-31(38)20-35(41,32(39)40)19-30(36)37/h10,21-23,25-29,41H,7-9,11-20H2,1-6H3,(H,36,37)(H,39,40)/t22-,23-,25+,26+,27-,28+,29+,33+,34-,35?/m1/s1. The van der Waals surface area contributed by atoms with E-state index in [1.165, 1.54) is 50.5 Å². The van der Waals surface area contributed by atoms with Crippen LogP contribution in [0.5, 0.6) is 0 Å². The number of rotatable bonds is 12. The lowest BCUT2D eigenvalue weighted by molar-refractivity contribution is -0.174. The van der Waals surface area contributed by atoms with Gasteiger partial charge in [-0.15, -0.1) is 0 Å². The first kappa shape index (κ1) is 33.0. The molecule has 0 heterocycles. The molecule has 0 aromatic heterocycles. The fourth-order valence-corrected chi connectivity index (χ4v) is 10.3. The molecule has 0 aromatic carbocycles. The van der Waals surface area contributed by atoms with Gasteiger partial charge in [-0.1, -0.05) is 66.0 Å². The summed E-state index contributed by atoms with van der Waals surface area (Å²) in [5, 5.41) is 28.6. The van der Waals surface area contributed by atoms with Gasteiger partial charge in [0.15, 0.2) is 5.60 Å². The molecule has 3 fully saturated rings. The lowest BCUT2D eigenvalue weighted by Gasteiger charge is -2.58. The SMILES string of the molecule is CC[C@H](CC[C@@H](C)[C@H]1CC[C@H]2[C@@H]3CC=C4C[C@@H](OC(=O)CC(O)(CC(=O)O)C(=O)O)CC[C@]4(C)[C@H]3CC[C@]12C)C(C)C. The highest BCUT2D eigenvalue weighted by atomic mass is 16.5. The van der Waals surface area contributed by atoms with Crippen LogP contribution in [0, 0.1) is 52.3 Å². The Morgan fingerprint density at radius 1 is 1.00 bits per heavy atom. The number of hydrogen-bond acceptors (Lipinski definition) is 5. The Morgan fingerprint density at radius 2 is 1.71 bits per heavy atom. The zero-order chi connectivity index (χ0) is 31.0. The average Bonchev–Trinajstić information content (AvgIpc) is 3.25. The predicted molar refractivity (Wildman–Crippen MR) is 162 cm³/mol. The van der Waals surface area contributed by atoms with E-state index < -0.39 is 36.4 Å². The van der Waals surface area contributed by atoms with Crippen molar-refractivity contribution in [2.24, 2.45) is 52.3 Å². The molecule has 4 aliphatic rings. The van der Waals surface area contributed by atoms with Crippen molar-refractivity contribution < 1.29 is 34.4 Å². The largest absolute Gasteiger partial charge is 0.481 e. The molecule has 4 aliphatic carbocycles. The molecule has 238 valence electrons. The maximum Gasteiger partial charge on any atom is 0.336 e. The third-order valence-corrected chi connectivity index (χ3v) is 12.9. The molecular formula is C35H56O7. The monoisotopic (exact) mass is 588 g/mol. The lowest BCUT2D eigenvalue weighted by Crippen LogP contribution is -2.51. The molecule has 0 bridgehead atoms. The number of aliphatic hydroxyl groups is 1. The van der Waals surface area contributed by atoms with E-state index in [2.05, 4.69) is 47.6 Å². The minimum Gasteiger partial charge on any atom is -0.481 e. The molecule has 4 rings (SSSR count). The molecule has 0 aromatic rings. The maximum atomic E-state index is 12.6. The summed E-state index contributed by atoms with van der Waals surface area (Å²) < 4.78 is 5.64. The Kier molecular flexibility index (Phi) is 9.91. The van der Waals surface area contributed by atoms with E-state index in [1.54, 1.807) is 0 Å². The van der Waals surface area contributed by atoms with E-state index in [4.69, 9.17) is 9.84 Å². The van der Waals surface area contributed by atoms with Crippen LogP contribution in [0.15, 0.2) is 11.6 Å². The first-order chi connectivity index (χ1) is 19.6. The summed E-state index contributed by atoms with van der Waals surface area (Å²) in [5.74, 6) is 1.22. The van der Waals surface area contributed by atoms with E-state index in [0.29, 0.717) is 30.1 Å². The summed E-state index contributed by atoms with van der Waals surface area (Å²) >= 11 is 0. The second-order valence-electron chi connectivity index (χ2n) is 15.4. The van der Waals surface area contributed by atoms with Crippen LogP contribution in [-0.4, -0.2) is 44.9 Å². The molecule has 0 saturated heterocycles. The first-order valence-electron chi connectivity index (χ1n) is 16.7. The highest BCUT2D eigenvalue weighted by Gasteiger charge is 2.59. The molecule has 3 N–H and O–H groups in total. The minimum absolute atomic E-state index is 0.0909. The normalized spacial score (nSPS) is 37.0. The van der Waals surface area contributed by atoms with Crippen molar-refractivity contribution in [3.05, 3.63) is 11.6 Å². The number of allylic oxidation sites excluding steroid dienone is 1. The van der Waals surface area contributed by atoms with Gasteiger partial charge in [-0.05, 0) is 104 Å². The van der Waals surface area contributed by atoms with Gasteiger partial charge in [0.25, 0.3) is 0 Å². The summed E-state index contributed by atoms with van der Waals surface area (Å²) in [7, 11) is 0. The molecule has 0 amide bonds. The highest BCUT2D eigenvalue weighted by Crippen LogP contribution is 2.67. The zero-order valence-electron chi connectivity index (χ0n) is 26.9. The van der Waals surface area contributed by atoms with Crippen LogP contribution in [-0.2, 0) is 19.1 Å². The third kappa shape index (κ3) is 6.32. The summed E-state index contributed by atoms with van der Waals surface area (Å²) in [6, 6.07) is 0. The smallest absolute Gasteiger partial charge is 0.336 e. The molecule has 3 saturated carbocycles. The molecule has 0 spiro atoms. The second kappa shape index (κ2) is 12.6. The van der Waals surface area contributed by atoms with Gasteiger partial charge in [0.1, 0.15) is 6.10 Å². The number of carboxylic acid groups (broad SMARTS) is 2. The van der Waals surface area contributed by atoms with Crippen LogP contribution in [0.2, 0.25) is 0 Å². The van der Waals surface area contributed by atoms with Crippen molar-refractivity contribution in [3.63, 3.8) is 0 Å². The van der Waals surface area contributed by atoms with Crippen LogP contribution in [0.25, 0.3) is 0 Å². The van der Waals surface area contributed by atoms with Crippen molar-refractivity contribution in [1.82, 2.24) is 0 Å². The van der Waals surface area contributed by atoms with Crippen LogP contribution in [0.3, 0.4) is 0 Å². The zero-order valence-corrected chi connectivity index (χ0v) is 26.9. The van der Waals surface area contributed by atoms with Gasteiger partial charge in [-0.3, -0.25) is 9.59 Å². The quantitative estimate of drug-likeness (QED) is 0.162. The molecule has 10 atom stereocenters. The summed E-state index contributed by atoms with van der Waals surface area (Å²) in [4.78, 5) is 35.1. The van der Waals surface area contributed by atoms with Crippen LogP contribution in [0.1, 0.15) is 125 Å². The number of fused-ring (bicyclic) bond motifs is 5. The van der Waals surface area contributed by atoms with Gasteiger partial charge < -0.3 is 20.1 Å². The van der Waals surface area contributed by atoms with Gasteiger partial charge >= 0.3 is 17.9 Å². The first-order valence-corrected chi connectivity index (χ1v) is 16.7. The number of ether oxygens (including phenoxy) is 1. The molecule has 0 radical (unpaired) electrons. The average molecular weight is 589 g/mol. The Bertz CT molecular complexity index is 1050. The molecular weight excluding hydrogens is 532 g/mol. The number of carbonyl (C=O) groups is 3. The van der Waals surface area contributed by atoms with Crippen molar-refractivity contribution in [3.8, 4) is 0 Å². The number of aliphatic carboxylic acids is 2. The molecule has 0 aliphatic heterocycles. The van der Waals surface area contributed by atoms with Gasteiger partial charge in [0, 0.05) is 6.42 Å². The minimum atomic E-state index is -2.67. The Balaban J connectivity index is 1.40. The predicted octanol–water partition coefficient (Wildman–Crippen LogP) is 7.26. The summed E-state index contributed by atoms with van der Waals surface area (Å²) in [6.07, 6.45) is 12.7. The molecule has 42 heavy (non-hydrogen) atoms. The van der Waals surface area contributed by atoms with Crippen molar-refractivity contribution in [2.45, 2.75) is 137 Å². The molecule has 1 unspecified atom stereocenters. The van der Waals surface area contributed by atoms with Crippen LogP contribution < -0.4 is 0 Å². The van der Waals surface area contributed by atoms with Crippen molar-refractivity contribution in [2.75, 3.05) is 0 Å². The Labute approximate surface area is 252 Å². The fraction of sp³-hybridized carbons (Fsp3) is 0.857. The Hall–Kier alpha value is -1.89. The van der Waals surface area contributed by atoms with Gasteiger partial charge in [0.05, 0.1) is 12.8 Å². The number of carbonyl (C=O) groups excluding carboxylic acids is 1. The number of carboxylic acids is 2. The van der Waals surface area contributed by atoms with Crippen LogP contribution >= 0.6 is 0 Å². The Morgan fingerprint density at radius 3 is 2.33 bits per heavy atom. The molecule has 7 heteroatoms. The van der Waals surface area contributed by atoms with Crippen LogP contribution in [0.4, 0.5) is 0 Å². The number of esters is 1. The summed E-state index contributed by atoms with van der Waals surface area (Å²) in [5.41, 5.74) is -0.794. The molecule has 7 nitrogen and oxygen atoms in total. The topological polar surface area (TPSA) is 121 Å². The highest BCUT2D eigenvalue weighted by molar-refractivity contribution is 5.88. The van der Waals surface area contributed by atoms with E-state index in [1.807, 2.05) is 0 Å². The van der Waals surface area contributed by atoms with Gasteiger partial charge in [0.2, 0.25) is 0 Å². The summed E-state index contributed by atoms with van der Waals surface area (Å²) in [6.45, 7) is 14.6. The van der Waals surface area contributed by atoms with E-state index in [9.17, 15) is 24.6 Å². The van der Waals surface area contributed by atoms with Crippen molar-refractivity contribution >= 4 is 17.9 Å².